The standard InChI is InChI=1S/C11H15BN2O4S/c1-13-9(16)2-4-14-10(17)6-7(11(14)18)19-5-3-8(12)15/h7H,2-6H2,1H3,(H,13,16). The molecule has 0 aromatic carbocycles. The molecule has 0 aliphatic carbocycles. The molecule has 1 unspecified atom stereocenters. The highest BCUT2D eigenvalue weighted by molar-refractivity contribution is 8.00. The fourth-order valence-electron chi connectivity index (χ4n) is 1.66. The van der Waals surface area contributed by atoms with Gasteiger partial charge in [0.2, 0.25) is 17.7 Å². The minimum atomic E-state index is -0.462. The van der Waals surface area contributed by atoms with Gasteiger partial charge >= 0.3 is 0 Å². The van der Waals surface area contributed by atoms with Gasteiger partial charge in [0.1, 0.15) is 0 Å². The van der Waals surface area contributed by atoms with Crippen LogP contribution in [0.1, 0.15) is 19.3 Å². The Morgan fingerprint density at radius 2 is 2.11 bits per heavy atom. The van der Waals surface area contributed by atoms with E-state index in [4.69, 9.17) is 7.85 Å². The van der Waals surface area contributed by atoms with Crippen LogP contribution in [0.5, 0.6) is 0 Å². The molecule has 1 N–H and O–H groups in total. The van der Waals surface area contributed by atoms with Crippen LogP contribution >= 0.6 is 11.8 Å². The summed E-state index contributed by atoms with van der Waals surface area (Å²) in [5.74, 6) is -0.359. The van der Waals surface area contributed by atoms with Crippen LogP contribution in [0.15, 0.2) is 0 Å². The Labute approximate surface area is 117 Å². The number of nitrogens with zero attached hydrogens (tertiary/aromatic N) is 1. The van der Waals surface area contributed by atoms with E-state index in [1.807, 2.05) is 0 Å². The summed E-state index contributed by atoms with van der Waals surface area (Å²) < 4.78 is 0. The predicted octanol–water partition coefficient (Wildman–Crippen LogP) is -0.932. The molecule has 2 radical (unpaired) electrons. The monoisotopic (exact) mass is 282 g/mol. The third kappa shape index (κ3) is 4.70. The molecule has 1 fully saturated rings. The molecule has 0 aromatic heterocycles. The summed E-state index contributed by atoms with van der Waals surface area (Å²) >= 11 is 1.25. The number of thioether (sulfide) groups is 1. The number of amides is 3. The topological polar surface area (TPSA) is 83.6 Å². The van der Waals surface area contributed by atoms with E-state index in [0.29, 0.717) is 5.75 Å². The first-order valence-corrected chi connectivity index (χ1v) is 6.95. The molecule has 6 nitrogen and oxygen atoms in total. The summed E-state index contributed by atoms with van der Waals surface area (Å²) in [6.45, 7) is 0.101. The minimum Gasteiger partial charge on any atom is -0.359 e. The molecule has 1 aliphatic heterocycles. The summed E-state index contributed by atoms with van der Waals surface area (Å²) in [5, 5.41) is 1.97. The van der Waals surface area contributed by atoms with Crippen molar-refractivity contribution in [1.82, 2.24) is 10.2 Å². The van der Waals surface area contributed by atoms with Crippen LogP contribution in [0, 0.1) is 0 Å². The van der Waals surface area contributed by atoms with Crippen LogP contribution in [0.4, 0.5) is 0 Å². The van der Waals surface area contributed by atoms with E-state index in [0.717, 1.165) is 4.90 Å². The van der Waals surface area contributed by atoms with Crippen molar-refractivity contribution in [2.45, 2.75) is 24.5 Å². The lowest BCUT2D eigenvalue weighted by Gasteiger charge is -2.14. The van der Waals surface area contributed by atoms with Crippen molar-refractivity contribution in [1.29, 1.82) is 0 Å². The second kappa shape index (κ2) is 7.32. The summed E-state index contributed by atoms with van der Waals surface area (Å²) in [6, 6.07) is 0. The fourth-order valence-corrected chi connectivity index (χ4v) is 2.79. The Hall–Kier alpha value is -1.31. The molecule has 1 heterocycles. The average Bonchev–Trinajstić information content (AvgIpc) is 2.61. The average molecular weight is 282 g/mol. The highest BCUT2D eigenvalue weighted by atomic mass is 32.2. The number of rotatable bonds is 7. The first kappa shape index (κ1) is 15.8. The Kier molecular flexibility index (Phi) is 6.07. The highest BCUT2D eigenvalue weighted by Crippen LogP contribution is 2.25. The molecule has 1 atom stereocenters. The molecule has 102 valence electrons. The Morgan fingerprint density at radius 3 is 2.68 bits per heavy atom. The van der Waals surface area contributed by atoms with Gasteiger partial charge in [-0.1, -0.05) is 0 Å². The summed E-state index contributed by atoms with van der Waals surface area (Å²) in [7, 11) is 6.50. The molecular formula is C11H15BN2O4S. The van der Waals surface area contributed by atoms with Crippen LogP contribution in [0.3, 0.4) is 0 Å². The van der Waals surface area contributed by atoms with E-state index in [1.54, 1.807) is 0 Å². The molecule has 1 aliphatic rings. The van der Waals surface area contributed by atoms with Crippen molar-refractivity contribution in [3.63, 3.8) is 0 Å². The van der Waals surface area contributed by atoms with E-state index in [9.17, 15) is 19.2 Å². The molecule has 3 amide bonds. The molecule has 0 saturated carbocycles. The zero-order valence-electron chi connectivity index (χ0n) is 10.7. The second-order valence-corrected chi connectivity index (χ2v) is 5.40. The summed E-state index contributed by atoms with van der Waals surface area (Å²) in [5.41, 5.74) is -0.430. The van der Waals surface area contributed by atoms with Gasteiger partial charge in [-0.05, 0) is 0 Å². The fraction of sp³-hybridized carbons (Fsp3) is 0.636. The van der Waals surface area contributed by atoms with E-state index >= 15 is 0 Å². The van der Waals surface area contributed by atoms with E-state index in [1.165, 1.54) is 18.8 Å². The number of carbonyl (C=O) groups is 4. The number of likely N-dealkylation sites (tertiary alicyclic amines) is 1. The first-order chi connectivity index (χ1) is 8.95. The van der Waals surface area contributed by atoms with E-state index in [2.05, 4.69) is 5.32 Å². The molecule has 0 spiro atoms. The van der Waals surface area contributed by atoms with Gasteiger partial charge in [-0.2, -0.15) is 0 Å². The van der Waals surface area contributed by atoms with Gasteiger partial charge in [0, 0.05) is 38.6 Å². The van der Waals surface area contributed by atoms with Gasteiger partial charge < -0.3 is 10.1 Å². The zero-order valence-corrected chi connectivity index (χ0v) is 11.5. The molecule has 1 rings (SSSR count). The normalized spacial score (nSPS) is 18.8. The van der Waals surface area contributed by atoms with Crippen LogP contribution < -0.4 is 5.32 Å². The maximum atomic E-state index is 11.9. The predicted molar refractivity (Wildman–Crippen MR) is 71.6 cm³/mol. The van der Waals surface area contributed by atoms with Gasteiger partial charge in [-0.3, -0.25) is 19.3 Å². The zero-order chi connectivity index (χ0) is 14.4. The van der Waals surface area contributed by atoms with Crippen LogP contribution in [-0.4, -0.2) is 60.7 Å². The maximum absolute atomic E-state index is 11.9. The summed E-state index contributed by atoms with van der Waals surface area (Å²) in [6.07, 6.45) is 0.406. The Morgan fingerprint density at radius 1 is 1.42 bits per heavy atom. The number of carbonyl (C=O) groups excluding carboxylic acids is 4. The van der Waals surface area contributed by atoms with E-state index in [-0.39, 0.29) is 43.5 Å². The quantitative estimate of drug-likeness (QED) is 0.482. The van der Waals surface area contributed by atoms with Gasteiger partial charge in [-0.25, -0.2) is 0 Å². The number of hydrogen-bond acceptors (Lipinski definition) is 5. The lowest BCUT2D eigenvalue weighted by Crippen LogP contribution is -2.34. The van der Waals surface area contributed by atoms with Crippen molar-refractivity contribution in [3.8, 4) is 0 Å². The minimum absolute atomic E-state index is 0.101. The summed E-state index contributed by atoms with van der Waals surface area (Å²) in [4.78, 5) is 46.4. The van der Waals surface area contributed by atoms with Gasteiger partial charge in [0.15, 0.2) is 7.85 Å². The van der Waals surface area contributed by atoms with Gasteiger partial charge in [-0.15, -0.1) is 11.8 Å². The molecular weight excluding hydrogens is 267 g/mol. The highest BCUT2D eigenvalue weighted by Gasteiger charge is 2.38. The van der Waals surface area contributed by atoms with Crippen molar-refractivity contribution >= 4 is 43.0 Å². The number of hydrogen-bond donors (Lipinski definition) is 1. The molecule has 0 bridgehead atoms. The van der Waals surface area contributed by atoms with Crippen LogP contribution in [0.2, 0.25) is 0 Å². The number of nitrogens with one attached hydrogen (secondary N) is 1. The smallest absolute Gasteiger partial charge is 0.242 e. The van der Waals surface area contributed by atoms with Crippen LogP contribution in [0.25, 0.3) is 0 Å². The van der Waals surface area contributed by atoms with Crippen molar-refractivity contribution in [3.05, 3.63) is 0 Å². The third-order valence-electron chi connectivity index (χ3n) is 2.71. The van der Waals surface area contributed by atoms with Gasteiger partial charge in [0.05, 0.1) is 10.9 Å². The first-order valence-electron chi connectivity index (χ1n) is 5.90. The van der Waals surface area contributed by atoms with Crippen molar-refractivity contribution in [2.75, 3.05) is 19.3 Å². The molecule has 1 saturated heterocycles. The van der Waals surface area contributed by atoms with Crippen molar-refractivity contribution in [2.24, 2.45) is 0 Å². The molecule has 8 heteroatoms. The second-order valence-electron chi connectivity index (χ2n) is 4.09. The number of imide groups is 1. The van der Waals surface area contributed by atoms with Gasteiger partial charge in [0.25, 0.3) is 0 Å². The molecule has 0 aromatic rings. The maximum Gasteiger partial charge on any atom is 0.242 e. The Balaban J connectivity index is 2.44. The largest absolute Gasteiger partial charge is 0.359 e. The third-order valence-corrected chi connectivity index (χ3v) is 3.92. The lowest BCUT2D eigenvalue weighted by molar-refractivity contribution is -0.138. The lowest BCUT2D eigenvalue weighted by atomic mass is 10.0. The van der Waals surface area contributed by atoms with E-state index < -0.39 is 10.9 Å². The van der Waals surface area contributed by atoms with Crippen LogP contribution in [-0.2, 0) is 19.2 Å². The van der Waals surface area contributed by atoms with Crippen molar-refractivity contribution < 1.29 is 19.2 Å². The SMILES string of the molecule is [B]C(=O)CCSC1CC(=O)N(CCC(=O)NC)C1=O. The Bertz CT molecular complexity index is 402. The molecule has 19 heavy (non-hydrogen) atoms.